The van der Waals surface area contributed by atoms with Gasteiger partial charge in [0.2, 0.25) is 6.49 Å². The van der Waals surface area contributed by atoms with Gasteiger partial charge in [-0.05, 0) is 37.8 Å². The van der Waals surface area contributed by atoms with Crippen molar-refractivity contribution in [3.63, 3.8) is 0 Å². The molecule has 4 heteroatoms. The summed E-state index contributed by atoms with van der Waals surface area (Å²) in [7, 11) is 0. The standard InChI is InChI=1S/C9H13O2PS/c1-8(2)11-12(10,13)9-6-4-3-5-7-9/h3-8H,1-2H3,(H,10,13). The van der Waals surface area contributed by atoms with Crippen LogP contribution in [0.2, 0.25) is 0 Å². The van der Waals surface area contributed by atoms with Gasteiger partial charge in [0.25, 0.3) is 0 Å². The minimum atomic E-state index is -2.77. The molecule has 0 aliphatic heterocycles. The van der Waals surface area contributed by atoms with Gasteiger partial charge in [0.15, 0.2) is 0 Å². The summed E-state index contributed by atoms with van der Waals surface area (Å²) in [5, 5.41) is 0.707. The van der Waals surface area contributed by atoms with Crippen molar-refractivity contribution in [3.05, 3.63) is 30.3 Å². The normalized spacial score (nSPS) is 15.7. The summed E-state index contributed by atoms with van der Waals surface area (Å²) < 4.78 is 5.31. The SMILES string of the molecule is CC(C)OP(O)(=S)c1ccccc1. The lowest BCUT2D eigenvalue weighted by Crippen LogP contribution is -2.10. The predicted molar refractivity (Wildman–Crippen MR) is 58.8 cm³/mol. The molecular weight excluding hydrogens is 203 g/mol. The summed E-state index contributed by atoms with van der Waals surface area (Å²) in [6, 6.07) is 9.16. The molecule has 1 atom stereocenters. The Hall–Kier alpha value is -0.210. The van der Waals surface area contributed by atoms with E-state index < -0.39 is 6.49 Å². The maximum atomic E-state index is 9.86. The van der Waals surface area contributed by atoms with Gasteiger partial charge in [-0.2, -0.15) is 0 Å². The fourth-order valence-electron chi connectivity index (χ4n) is 0.963. The zero-order chi connectivity index (χ0) is 9.90. The zero-order valence-electron chi connectivity index (χ0n) is 7.68. The van der Waals surface area contributed by atoms with E-state index in [2.05, 4.69) is 0 Å². The molecule has 1 aromatic carbocycles. The minimum Gasteiger partial charge on any atom is -0.342 e. The van der Waals surface area contributed by atoms with E-state index in [1.54, 1.807) is 12.1 Å². The Kier molecular flexibility index (Phi) is 3.63. The zero-order valence-corrected chi connectivity index (χ0v) is 9.39. The number of benzene rings is 1. The van der Waals surface area contributed by atoms with Gasteiger partial charge < -0.3 is 9.42 Å². The molecule has 0 aliphatic carbocycles. The van der Waals surface area contributed by atoms with Crippen molar-refractivity contribution < 1.29 is 9.42 Å². The van der Waals surface area contributed by atoms with E-state index in [9.17, 15) is 4.89 Å². The van der Waals surface area contributed by atoms with Crippen LogP contribution in [-0.4, -0.2) is 11.0 Å². The van der Waals surface area contributed by atoms with E-state index in [4.69, 9.17) is 16.3 Å². The maximum absolute atomic E-state index is 9.86. The molecule has 13 heavy (non-hydrogen) atoms. The molecular formula is C9H13O2PS. The minimum absolute atomic E-state index is 0.0453. The molecule has 0 bridgehead atoms. The largest absolute Gasteiger partial charge is 0.342 e. The van der Waals surface area contributed by atoms with Gasteiger partial charge in [0, 0.05) is 5.30 Å². The van der Waals surface area contributed by atoms with Crippen molar-refractivity contribution in [2.45, 2.75) is 20.0 Å². The Labute approximate surface area is 83.7 Å². The Bertz CT molecular complexity index is 311. The highest BCUT2D eigenvalue weighted by Crippen LogP contribution is 2.42. The Morgan fingerprint density at radius 2 is 1.85 bits per heavy atom. The number of hydrogen-bond acceptors (Lipinski definition) is 2. The van der Waals surface area contributed by atoms with E-state index in [0.29, 0.717) is 5.30 Å². The van der Waals surface area contributed by atoms with Crippen LogP contribution in [0.25, 0.3) is 0 Å². The summed E-state index contributed by atoms with van der Waals surface area (Å²) in [6.07, 6.45) is -0.0453. The molecule has 0 saturated carbocycles. The first-order valence-electron chi connectivity index (χ1n) is 4.09. The summed E-state index contributed by atoms with van der Waals surface area (Å²) in [5.74, 6) is 0. The second kappa shape index (κ2) is 4.34. The molecule has 2 nitrogen and oxygen atoms in total. The molecule has 72 valence electrons. The van der Waals surface area contributed by atoms with Gasteiger partial charge >= 0.3 is 0 Å². The highest BCUT2D eigenvalue weighted by Gasteiger charge is 2.17. The Morgan fingerprint density at radius 3 is 2.31 bits per heavy atom. The number of hydrogen-bond donors (Lipinski definition) is 1. The molecule has 1 N–H and O–H groups in total. The van der Waals surface area contributed by atoms with Crippen LogP contribution in [0.1, 0.15) is 13.8 Å². The van der Waals surface area contributed by atoms with Gasteiger partial charge in [0.05, 0.1) is 6.10 Å². The fourth-order valence-corrected chi connectivity index (χ4v) is 3.09. The van der Waals surface area contributed by atoms with E-state index in [1.807, 2.05) is 32.0 Å². The molecule has 0 saturated heterocycles. The smallest absolute Gasteiger partial charge is 0.217 e. The molecule has 0 fully saturated rings. The average molecular weight is 216 g/mol. The third kappa shape index (κ3) is 3.20. The third-order valence-electron chi connectivity index (χ3n) is 1.44. The van der Waals surface area contributed by atoms with Crippen LogP contribution in [0.4, 0.5) is 0 Å². The summed E-state index contributed by atoms with van der Waals surface area (Å²) in [6.45, 7) is 0.955. The first-order chi connectivity index (χ1) is 6.02. The van der Waals surface area contributed by atoms with Crippen LogP contribution < -0.4 is 5.30 Å². The molecule has 1 unspecified atom stereocenters. The number of rotatable bonds is 3. The third-order valence-corrected chi connectivity index (χ3v) is 3.98. The van der Waals surface area contributed by atoms with Crippen molar-refractivity contribution in [2.75, 3.05) is 0 Å². The lowest BCUT2D eigenvalue weighted by Gasteiger charge is -2.18. The second-order valence-corrected chi connectivity index (χ2v) is 6.26. The lowest BCUT2D eigenvalue weighted by atomic mass is 10.4. The van der Waals surface area contributed by atoms with Crippen LogP contribution in [0, 0.1) is 0 Å². The quantitative estimate of drug-likeness (QED) is 0.784. The lowest BCUT2D eigenvalue weighted by molar-refractivity contribution is 0.244. The van der Waals surface area contributed by atoms with Gasteiger partial charge in [0.1, 0.15) is 0 Å². The molecule has 0 amide bonds. The summed E-state index contributed by atoms with van der Waals surface area (Å²) >= 11 is 5.03. The van der Waals surface area contributed by atoms with E-state index in [1.165, 1.54) is 0 Å². The van der Waals surface area contributed by atoms with Gasteiger partial charge in [-0.3, -0.25) is 0 Å². The van der Waals surface area contributed by atoms with E-state index in [-0.39, 0.29) is 6.10 Å². The highest BCUT2D eigenvalue weighted by molar-refractivity contribution is 8.13. The van der Waals surface area contributed by atoms with Gasteiger partial charge in [-0.1, -0.05) is 18.2 Å². The van der Waals surface area contributed by atoms with E-state index >= 15 is 0 Å². The molecule has 1 aromatic rings. The fraction of sp³-hybridized carbons (Fsp3) is 0.333. The highest BCUT2D eigenvalue weighted by atomic mass is 32.5. The van der Waals surface area contributed by atoms with Crippen molar-refractivity contribution in [3.8, 4) is 0 Å². The topological polar surface area (TPSA) is 29.5 Å². The van der Waals surface area contributed by atoms with Crippen molar-refractivity contribution >= 4 is 23.6 Å². The van der Waals surface area contributed by atoms with Crippen LogP contribution in [0.15, 0.2) is 30.3 Å². The molecule has 0 spiro atoms. The van der Waals surface area contributed by atoms with Crippen LogP contribution in [0.3, 0.4) is 0 Å². The van der Waals surface area contributed by atoms with E-state index in [0.717, 1.165) is 0 Å². The van der Waals surface area contributed by atoms with Gasteiger partial charge in [-0.15, -0.1) is 0 Å². The summed E-state index contributed by atoms with van der Waals surface area (Å²) in [5.41, 5.74) is 0. The first kappa shape index (κ1) is 10.9. The predicted octanol–water partition coefficient (Wildman–Crippen LogP) is 2.04. The Morgan fingerprint density at radius 1 is 1.31 bits per heavy atom. The monoisotopic (exact) mass is 216 g/mol. The van der Waals surface area contributed by atoms with Crippen molar-refractivity contribution in [2.24, 2.45) is 0 Å². The van der Waals surface area contributed by atoms with Crippen LogP contribution in [0.5, 0.6) is 0 Å². The molecule has 0 radical (unpaired) electrons. The van der Waals surface area contributed by atoms with Crippen LogP contribution in [-0.2, 0) is 16.3 Å². The van der Waals surface area contributed by atoms with Gasteiger partial charge in [-0.25, -0.2) is 0 Å². The summed E-state index contributed by atoms with van der Waals surface area (Å²) in [4.78, 5) is 9.86. The van der Waals surface area contributed by atoms with Crippen molar-refractivity contribution in [1.82, 2.24) is 0 Å². The first-order valence-corrected chi connectivity index (χ1v) is 6.76. The molecule has 1 rings (SSSR count). The van der Waals surface area contributed by atoms with Crippen molar-refractivity contribution in [1.29, 1.82) is 0 Å². The Balaban J connectivity index is 2.88. The maximum Gasteiger partial charge on any atom is 0.217 e. The molecule has 0 heterocycles. The molecule has 0 aliphatic rings. The second-order valence-electron chi connectivity index (χ2n) is 3.01. The van der Waals surface area contributed by atoms with Crippen LogP contribution >= 0.6 is 6.49 Å². The average Bonchev–Trinajstić information content (AvgIpc) is 2.04. The molecule has 0 aromatic heterocycles.